The highest BCUT2D eigenvalue weighted by Crippen LogP contribution is 2.27. The van der Waals surface area contributed by atoms with Gasteiger partial charge in [-0.3, -0.25) is 4.79 Å². The summed E-state index contributed by atoms with van der Waals surface area (Å²) in [7, 11) is 0. The van der Waals surface area contributed by atoms with Gasteiger partial charge in [0.2, 0.25) is 5.91 Å². The smallest absolute Gasteiger partial charge is 0.223 e. The predicted octanol–water partition coefficient (Wildman–Crippen LogP) is 0.674. The van der Waals surface area contributed by atoms with Crippen LogP contribution in [0.5, 0.6) is 0 Å². The van der Waals surface area contributed by atoms with Crippen molar-refractivity contribution in [2.24, 2.45) is 5.92 Å². The predicted molar refractivity (Wildman–Crippen MR) is 46.6 cm³/mol. The van der Waals surface area contributed by atoms with E-state index in [0.29, 0.717) is 0 Å². The zero-order valence-electron chi connectivity index (χ0n) is 7.76. The van der Waals surface area contributed by atoms with Crippen LogP contribution in [-0.4, -0.2) is 23.2 Å². The molecule has 12 heavy (non-hydrogen) atoms. The monoisotopic (exact) mass is 171 g/mol. The zero-order valence-corrected chi connectivity index (χ0v) is 7.76. The summed E-state index contributed by atoms with van der Waals surface area (Å²) in [5, 5.41) is 11.5. The lowest BCUT2D eigenvalue weighted by molar-refractivity contribution is -0.123. The van der Waals surface area contributed by atoms with Crippen molar-refractivity contribution in [2.75, 3.05) is 6.61 Å². The maximum atomic E-state index is 11.3. The minimum absolute atomic E-state index is 0.0444. The molecule has 0 spiro atoms. The van der Waals surface area contributed by atoms with Crippen LogP contribution in [-0.2, 0) is 4.79 Å². The van der Waals surface area contributed by atoms with Crippen LogP contribution < -0.4 is 5.32 Å². The average molecular weight is 171 g/mol. The Kier molecular flexibility index (Phi) is 2.73. The molecule has 0 unspecified atom stereocenters. The molecule has 1 aliphatic heterocycles. The molecule has 3 nitrogen and oxygen atoms in total. The number of hydrogen-bond acceptors (Lipinski definition) is 2. The highest BCUT2D eigenvalue weighted by molar-refractivity contribution is 5.81. The van der Waals surface area contributed by atoms with E-state index < -0.39 is 0 Å². The Morgan fingerprint density at radius 1 is 1.67 bits per heavy atom. The minimum atomic E-state index is -0.0444. The highest BCUT2D eigenvalue weighted by Gasteiger charge is 2.36. The molecule has 1 fully saturated rings. The van der Waals surface area contributed by atoms with Crippen molar-refractivity contribution in [1.29, 1.82) is 0 Å². The van der Waals surface area contributed by atoms with Crippen molar-refractivity contribution in [3.05, 3.63) is 0 Å². The van der Waals surface area contributed by atoms with Crippen LogP contribution in [0.15, 0.2) is 0 Å². The molecule has 0 saturated carbocycles. The van der Waals surface area contributed by atoms with Crippen LogP contribution in [0.3, 0.4) is 0 Å². The first-order chi connectivity index (χ1) is 5.55. The maximum absolute atomic E-state index is 11.3. The Labute approximate surface area is 73.2 Å². The third kappa shape index (κ3) is 2.21. The maximum Gasteiger partial charge on any atom is 0.223 e. The lowest BCUT2D eigenvalue weighted by Gasteiger charge is -2.16. The Balaban J connectivity index is 2.42. The van der Waals surface area contributed by atoms with Gasteiger partial charge in [-0.25, -0.2) is 0 Å². The molecule has 0 aromatic rings. The van der Waals surface area contributed by atoms with Gasteiger partial charge in [0, 0.05) is 18.1 Å². The molecule has 70 valence electrons. The van der Waals surface area contributed by atoms with Crippen LogP contribution in [0.4, 0.5) is 0 Å². The van der Waals surface area contributed by atoms with E-state index in [1.807, 2.05) is 13.8 Å². The van der Waals surface area contributed by atoms with Crippen molar-refractivity contribution < 1.29 is 9.90 Å². The van der Waals surface area contributed by atoms with E-state index in [0.717, 1.165) is 19.3 Å². The fourth-order valence-corrected chi connectivity index (χ4v) is 1.77. The quantitative estimate of drug-likeness (QED) is 0.656. The summed E-state index contributed by atoms with van der Waals surface area (Å²) in [5.41, 5.74) is -0.0444. The zero-order chi connectivity index (χ0) is 9.19. The lowest BCUT2D eigenvalue weighted by atomic mass is 9.93. The average Bonchev–Trinajstić information content (AvgIpc) is 2.20. The van der Waals surface area contributed by atoms with Crippen molar-refractivity contribution in [1.82, 2.24) is 5.32 Å². The second-order valence-corrected chi connectivity index (χ2v) is 4.14. The van der Waals surface area contributed by atoms with E-state index in [2.05, 4.69) is 5.32 Å². The van der Waals surface area contributed by atoms with Gasteiger partial charge in [-0.05, 0) is 33.1 Å². The Morgan fingerprint density at radius 2 is 2.33 bits per heavy atom. The van der Waals surface area contributed by atoms with Crippen molar-refractivity contribution in [3.63, 3.8) is 0 Å². The van der Waals surface area contributed by atoms with Crippen LogP contribution in [0.2, 0.25) is 0 Å². The number of amides is 1. The van der Waals surface area contributed by atoms with Crippen molar-refractivity contribution >= 4 is 5.91 Å². The van der Waals surface area contributed by atoms with Crippen molar-refractivity contribution in [3.8, 4) is 0 Å². The molecule has 0 bridgehead atoms. The summed E-state index contributed by atoms with van der Waals surface area (Å²) in [6.45, 7) is 4.25. The van der Waals surface area contributed by atoms with Crippen LogP contribution in [0.25, 0.3) is 0 Å². The molecule has 0 aromatic heterocycles. The first-order valence-electron chi connectivity index (χ1n) is 4.48. The molecular weight excluding hydrogens is 154 g/mol. The van der Waals surface area contributed by atoms with Crippen LogP contribution in [0.1, 0.15) is 33.1 Å². The summed E-state index contributed by atoms with van der Waals surface area (Å²) in [4.78, 5) is 11.3. The van der Waals surface area contributed by atoms with Gasteiger partial charge in [-0.15, -0.1) is 0 Å². The molecular formula is C9H17NO2. The van der Waals surface area contributed by atoms with Gasteiger partial charge in [0.15, 0.2) is 0 Å². The summed E-state index contributed by atoms with van der Waals surface area (Å²) >= 11 is 0. The first kappa shape index (κ1) is 9.52. The fraction of sp³-hybridized carbons (Fsp3) is 0.889. The molecule has 1 saturated heterocycles. The molecule has 1 amide bonds. The van der Waals surface area contributed by atoms with Gasteiger partial charge < -0.3 is 10.4 Å². The van der Waals surface area contributed by atoms with E-state index in [9.17, 15) is 4.79 Å². The van der Waals surface area contributed by atoms with Gasteiger partial charge in [0.25, 0.3) is 0 Å². The number of rotatable bonds is 3. The number of carbonyl (C=O) groups is 1. The highest BCUT2D eigenvalue weighted by atomic mass is 16.3. The SMILES string of the molecule is CC1(C)C[C@H](CCCO)C(=O)N1. The summed E-state index contributed by atoms with van der Waals surface area (Å²) < 4.78 is 0. The normalized spacial score (nSPS) is 27.2. The second kappa shape index (κ2) is 3.44. The number of aliphatic hydroxyl groups is 1. The van der Waals surface area contributed by atoms with Crippen LogP contribution in [0, 0.1) is 5.92 Å². The molecule has 1 heterocycles. The third-order valence-corrected chi connectivity index (χ3v) is 2.30. The van der Waals surface area contributed by atoms with Gasteiger partial charge in [-0.2, -0.15) is 0 Å². The van der Waals surface area contributed by atoms with E-state index in [1.165, 1.54) is 0 Å². The van der Waals surface area contributed by atoms with E-state index in [-0.39, 0.29) is 24.0 Å². The Bertz CT molecular complexity index is 177. The van der Waals surface area contributed by atoms with E-state index in [1.54, 1.807) is 0 Å². The molecule has 0 radical (unpaired) electrons. The Hall–Kier alpha value is -0.570. The van der Waals surface area contributed by atoms with Gasteiger partial charge in [-0.1, -0.05) is 0 Å². The lowest BCUT2D eigenvalue weighted by Crippen LogP contribution is -2.34. The fourth-order valence-electron chi connectivity index (χ4n) is 1.77. The Morgan fingerprint density at radius 3 is 2.75 bits per heavy atom. The van der Waals surface area contributed by atoms with Crippen LogP contribution >= 0.6 is 0 Å². The minimum Gasteiger partial charge on any atom is -0.396 e. The molecule has 1 atom stereocenters. The molecule has 1 aliphatic rings. The van der Waals surface area contributed by atoms with Gasteiger partial charge in [0.1, 0.15) is 0 Å². The van der Waals surface area contributed by atoms with Gasteiger partial charge >= 0.3 is 0 Å². The second-order valence-electron chi connectivity index (χ2n) is 4.14. The molecule has 0 aliphatic carbocycles. The number of hydrogen-bond donors (Lipinski definition) is 2. The molecule has 0 aromatic carbocycles. The van der Waals surface area contributed by atoms with E-state index >= 15 is 0 Å². The number of nitrogens with one attached hydrogen (secondary N) is 1. The molecule has 1 rings (SSSR count). The molecule has 3 heteroatoms. The topological polar surface area (TPSA) is 49.3 Å². The summed E-state index contributed by atoms with van der Waals surface area (Å²) in [6.07, 6.45) is 2.44. The van der Waals surface area contributed by atoms with E-state index in [4.69, 9.17) is 5.11 Å². The van der Waals surface area contributed by atoms with Crippen molar-refractivity contribution in [2.45, 2.75) is 38.6 Å². The summed E-state index contributed by atoms with van der Waals surface area (Å²) in [6, 6.07) is 0. The number of aliphatic hydroxyl groups excluding tert-OH is 1. The standard InChI is InChI=1S/C9H17NO2/c1-9(2)6-7(4-3-5-11)8(12)10-9/h7,11H,3-6H2,1-2H3,(H,10,12)/t7-/m0/s1. The third-order valence-electron chi connectivity index (χ3n) is 2.30. The first-order valence-corrected chi connectivity index (χ1v) is 4.48. The molecule has 2 N–H and O–H groups in total. The number of carbonyl (C=O) groups excluding carboxylic acids is 1. The largest absolute Gasteiger partial charge is 0.396 e. The summed E-state index contributed by atoms with van der Waals surface area (Å²) in [5.74, 6) is 0.264. The van der Waals surface area contributed by atoms with Gasteiger partial charge in [0.05, 0.1) is 0 Å².